The summed E-state index contributed by atoms with van der Waals surface area (Å²) >= 11 is 0. The average Bonchev–Trinajstić information content (AvgIpc) is 2.62. The lowest BCUT2D eigenvalue weighted by atomic mass is 10.4. The van der Waals surface area contributed by atoms with E-state index >= 15 is 0 Å². The predicted octanol–water partition coefficient (Wildman–Crippen LogP) is 1.78. The molecule has 1 aromatic heterocycles. The van der Waals surface area contributed by atoms with Gasteiger partial charge in [0.15, 0.2) is 0 Å². The van der Waals surface area contributed by atoms with E-state index in [0.29, 0.717) is 13.1 Å². The number of alkyl halides is 2. The lowest BCUT2D eigenvalue weighted by molar-refractivity contribution is 0.0797. The molecule has 1 aliphatic heterocycles. The topological polar surface area (TPSA) is 16.1 Å². The molecule has 1 aromatic rings. The van der Waals surface area contributed by atoms with Gasteiger partial charge in [-0.15, -0.1) is 0 Å². The Morgan fingerprint density at radius 2 is 2.00 bits per heavy atom. The third-order valence-electron chi connectivity index (χ3n) is 3.17. The Bertz CT molecular complexity index is 338. The van der Waals surface area contributed by atoms with E-state index in [4.69, 9.17) is 0 Å². The van der Waals surface area contributed by atoms with Crippen molar-refractivity contribution in [3.8, 4) is 0 Å². The molecule has 2 unspecified atom stereocenters. The van der Waals surface area contributed by atoms with Gasteiger partial charge in [0.25, 0.3) is 5.92 Å². The number of piperidine rings is 1. The standard InChI is InChI=1S/C10H10F2N2/c11-10(12)7-5-14(6-8(7)10)9-3-1-2-4-13-9/h1-4,7-8H,5-6H2. The fourth-order valence-electron chi connectivity index (χ4n) is 2.24. The Labute approximate surface area is 80.6 Å². The molecular weight excluding hydrogens is 186 g/mol. The van der Waals surface area contributed by atoms with Crippen LogP contribution in [0.4, 0.5) is 14.6 Å². The van der Waals surface area contributed by atoms with E-state index in [1.165, 1.54) is 0 Å². The molecule has 0 spiro atoms. The first kappa shape index (κ1) is 8.15. The van der Waals surface area contributed by atoms with Crippen molar-refractivity contribution in [1.82, 2.24) is 4.98 Å². The highest BCUT2D eigenvalue weighted by molar-refractivity contribution is 5.42. The van der Waals surface area contributed by atoms with Gasteiger partial charge in [-0.3, -0.25) is 0 Å². The van der Waals surface area contributed by atoms with Crippen molar-refractivity contribution < 1.29 is 8.78 Å². The van der Waals surface area contributed by atoms with Gasteiger partial charge in [0.1, 0.15) is 5.82 Å². The number of hydrogen-bond acceptors (Lipinski definition) is 2. The maximum atomic E-state index is 12.9. The zero-order valence-electron chi connectivity index (χ0n) is 7.53. The van der Waals surface area contributed by atoms with Gasteiger partial charge in [-0.1, -0.05) is 6.07 Å². The molecule has 3 rings (SSSR count). The van der Waals surface area contributed by atoms with Crippen LogP contribution in [-0.2, 0) is 0 Å². The fourth-order valence-corrected chi connectivity index (χ4v) is 2.24. The molecule has 2 fully saturated rings. The number of anilines is 1. The van der Waals surface area contributed by atoms with Gasteiger partial charge < -0.3 is 4.90 Å². The Balaban J connectivity index is 1.76. The lowest BCUT2D eigenvalue weighted by Gasteiger charge is -2.20. The number of rotatable bonds is 1. The van der Waals surface area contributed by atoms with E-state index in [0.717, 1.165) is 5.82 Å². The van der Waals surface area contributed by atoms with E-state index in [9.17, 15) is 8.78 Å². The van der Waals surface area contributed by atoms with Crippen LogP contribution in [0.5, 0.6) is 0 Å². The minimum Gasteiger partial charge on any atom is -0.356 e. The van der Waals surface area contributed by atoms with E-state index in [2.05, 4.69) is 4.98 Å². The van der Waals surface area contributed by atoms with Crippen molar-refractivity contribution >= 4 is 5.82 Å². The van der Waals surface area contributed by atoms with E-state index in [1.54, 1.807) is 6.20 Å². The quantitative estimate of drug-likeness (QED) is 0.680. The maximum Gasteiger partial charge on any atom is 0.258 e. The Morgan fingerprint density at radius 3 is 2.57 bits per heavy atom. The highest BCUT2D eigenvalue weighted by atomic mass is 19.3. The van der Waals surface area contributed by atoms with Crippen LogP contribution in [0.25, 0.3) is 0 Å². The smallest absolute Gasteiger partial charge is 0.258 e. The summed E-state index contributed by atoms with van der Waals surface area (Å²) in [5, 5.41) is 0. The number of pyridine rings is 1. The van der Waals surface area contributed by atoms with E-state index < -0.39 is 17.8 Å². The molecule has 2 heterocycles. The monoisotopic (exact) mass is 196 g/mol. The number of nitrogens with zero attached hydrogens (tertiary/aromatic N) is 2. The SMILES string of the molecule is FC1(F)C2CN(c3ccccn3)CC21. The van der Waals surface area contributed by atoms with Crippen molar-refractivity contribution in [1.29, 1.82) is 0 Å². The molecule has 0 radical (unpaired) electrons. The molecule has 0 N–H and O–H groups in total. The summed E-state index contributed by atoms with van der Waals surface area (Å²) in [6.45, 7) is 0.906. The number of halogens is 2. The van der Waals surface area contributed by atoms with Crippen LogP contribution in [0.15, 0.2) is 24.4 Å². The first-order chi connectivity index (χ1) is 6.69. The fraction of sp³-hybridized carbons (Fsp3) is 0.500. The van der Waals surface area contributed by atoms with Crippen LogP contribution in [0.2, 0.25) is 0 Å². The van der Waals surface area contributed by atoms with Crippen LogP contribution in [-0.4, -0.2) is 24.0 Å². The van der Waals surface area contributed by atoms with Gasteiger partial charge in [0.05, 0.1) is 11.8 Å². The summed E-state index contributed by atoms with van der Waals surface area (Å²) in [6.07, 6.45) is 1.69. The molecule has 1 saturated heterocycles. The second-order valence-corrected chi connectivity index (χ2v) is 3.98. The summed E-state index contributed by atoms with van der Waals surface area (Å²) < 4.78 is 25.8. The molecule has 14 heavy (non-hydrogen) atoms. The van der Waals surface area contributed by atoms with Crippen molar-refractivity contribution in [3.63, 3.8) is 0 Å². The van der Waals surface area contributed by atoms with Crippen molar-refractivity contribution in [3.05, 3.63) is 24.4 Å². The summed E-state index contributed by atoms with van der Waals surface area (Å²) in [5.74, 6) is -2.44. The van der Waals surface area contributed by atoms with Gasteiger partial charge in [-0.2, -0.15) is 0 Å². The Kier molecular flexibility index (Phi) is 1.42. The molecule has 0 bridgehead atoms. The van der Waals surface area contributed by atoms with Crippen LogP contribution < -0.4 is 4.90 Å². The summed E-state index contributed by atoms with van der Waals surface area (Å²) in [5.41, 5.74) is 0. The zero-order valence-corrected chi connectivity index (χ0v) is 7.53. The first-order valence-electron chi connectivity index (χ1n) is 4.73. The predicted molar refractivity (Wildman–Crippen MR) is 48.4 cm³/mol. The van der Waals surface area contributed by atoms with E-state index in [-0.39, 0.29) is 0 Å². The second kappa shape index (κ2) is 2.43. The largest absolute Gasteiger partial charge is 0.356 e. The molecular formula is C10H10F2N2. The van der Waals surface area contributed by atoms with E-state index in [1.807, 2.05) is 23.1 Å². The highest BCUT2D eigenvalue weighted by Crippen LogP contribution is 2.59. The molecule has 4 heteroatoms. The van der Waals surface area contributed by atoms with Crippen LogP contribution in [0, 0.1) is 11.8 Å². The maximum absolute atomic E-state index is 12.9. The van der Waals surface area contributed by atoms with Gasteiger partial charge in [-0.25, -0.2) is 13.8 Å². The molecule has 0 amide bonds. The van der Waals surface area contributed by atoms with Crippen molar-refractivity contribution in [2.75, 3.05) is 18.0 Å². The molecule has 2 nitrogen and oxygen atoms in total. The van der Waals surface area contributed by atoms with Crippen molar-refractivity contribution in [2.45, 2.75) is 5.92 Å². The van der Waals surface area contributed by atoms with Crippen molar-refractivity contribution in [2.24, 2.45) is 11.8 Å². The van der Waals surface area contributed by atoms with Crippen LogP contribution in [0.1, 0.15) is 0 Å². The summed E-state index contributed by atoms with van der Waals surface area (Å²) in [4.78, 5) is 6.08. The first-order valence-corrected chi connectivity index (χ1v) is 4.73. The van der Waals surface area contributed by atoms with Gasteiger partial charge in [0.2, 0.25) is 0 Å². The minimum atomic E-state index is -2.40. The summed E-state index contributed by atoms with van der Waals surface area (Å²) in [6, 6.07) is 5.57. The Morgan fingerprint density at radius 1 is 1.29 bits per heavy atom. The zero-order chi connectivity index (χ0) is 9.76. The third kappa shape index (κ3) is 0.966. The molecule has 0 aromatic carbocycles. The minimum absolute atomic E-state index is 0.426. The van der Waals surface area contributed by atoms with Gasteiger partial charge >= 0.3 is 0 Å². The third-order valence-corrected chi connectivity index (χ3v) is 3.17. The Hall–Kier alpha value is -1.19. The molecule has 2 atom stereocenters. The lowest BCUT2D eigenvalue weighted by Crippen LogP contribution is -2.27. The number of fused-ring (bicyclic) bond motifs is 1. The van der Waals surface area contributed by atoms with Gasteiger partial charge in [0, 0.05) is 19.3 Å². The number of hydrogen-bond donors (Lipinski definition) is 0. The molecule has 1 saturated carbocycles. The highest BCUT2D eigenvalue weighted by Gasteiger charge is 2.71. The number of aromatic nitrogens is 1. The molecule has 1 aliphatic carbocycles. The van der Waals surface area contributed by atoms with Gasteiger partial charge in [-0.05, 0) is 12.1 Å². The normalized spacial score (nSPS) is 32.9. The molecule has 74 valence electrons. The average molecular weight is 196 g/mol. The summed E-state index contributed by atoms with van der Waals surface area (Å²) in [7, 11) is 0. The molecule has 2 aliphatic rings. The second-order valence-electron chi connectivity index (χ2n) is 3.98. The van der Waals surface area contributed by atoms with Crippen LogP contribution in [0.3, 0.4) is 0 Å². The van der Waals surface area contributed by atoms with Crippen LogP contribution >= 0.6 is 0 Å².